The molecule has 0 aliphatic carbocycles. The molecule has 1 aromatic carbocycles. The maximum atomic E-state index is 9.75. The average Bonchev–Trinajstić information content (AvgIpc) is 3.34. The van der Waals surface area contributed by atoms with Crippen LogP contribution >= 0.6 is 0 Å². The van der Waals surface area contributed by atoms with Gasteiger partial charge in [-0.1, -0.05) is 0 Å². The standard InChI is InChI=1S/C30H50N6.2BF4/c1-27(2,3)33(13)23-19-17-21-22(18-20(19)24(31-23)34(14)28(4,5)6)26(36(16)30(10,11)12)32-25(21)35(15)29(7,8)9;2*2-1(3,4)5/h17-18H,1-16H3;;/q+2;2*-1. The number of nitrogens with zero attached hydrogens (tertiary/aromatic N) is 6. The lowest BCUT2D eigenvalue weighted by Crippen LogP contribution is -2.43. The van der Waals surface area contributed by atoms with Gasteiger partial charge in [0.25, 0.3) is 11.6 Å². The first kappa shape index (κ1) is 41.1. The molecule has 2 heterocycles. The third-order valence-corrected chi connectivity index (χ3v) is 7.84. The van der Waals surface area contributed by atoms with Crippen molar-refractivity contribution in [3.05, 3.63) is 23.1 Å². The van der Waals surface area contributed by atoms with Crippen LogP contribution in [0, 0.1) is 0 Å². The fraction of sp³-hybridized carbons (Fsp3) is 0.667. The van der Waals surface area contributed by atoms with E-state index in [1.165, 1.54) is 21.5 Å². The third kappa shape index (κ3) is 11.1. The van der Waals surface area contributed by atoms with Crippen LogP contribution in [0.5, 0.6) is 0 Å². The molecule has 0 bridgehead atoms. The highest BCUT2D eigenvalue weighted by molar-refractivity contribution is 6.50. The molecular formula is C30H50B2F8N6. The van der Waals surface area contributed by atoms with E-state index in [0.717, 1.165) is 22.6 Å². The molecule has 46 heavy (non-hydrogen) atoms. The molecule has 0 amide bonds. The van der Waals surface area contributed by atoms with Crippen LogP contribution in [0.25, 0.3) is 21.5 Å². The van der Waals surface area contributed by atoms with E-state index in [1.807, 2.05) is 0 Å². The molecule has 0 saturated heterocycles. The van der Waals surface area contributed by atoms with Crippen LogP contribution in [0.1, 0.15) is 83.1 Å². The Kier molecular flexibility index (Phi) is 11.9. The average molecular weight is 668 g/mol. The van der Waals surface area contributed by atoms with Crippen LogP contribution in [0.3, 0.4) is 0 Å². The second-order valence-electron chi connectivity index (χ2n) is 15.4. The summed E-state index contributed by atoms with van der Waals surface area (Å²) < 4.78 is 82.6. The minimum absolute atomic E-state index is 0.0618. The van der Waals surface area contributed by atoms with Crippen molar-refractivity contribution in [2.75, 3.05) is 38.0 Å². The largest absolute Gasteiger partial charge is 0.673 e. The highest BCUT2D eigenvalue weighted by Crippen LogP contribution is 2.34. The van der Waals surface area contributed by atoms with Gasteiger partial charge in [0.1, 0.15) is 0 Å². The van der Waals surface area contributed by atoms with Gasteiger partial charge < -0.3 is 44.3 Å². The summed E-state index contributed by atoms with van der Waals surface area (Å²) in [7, 11) is -3.40. The normalized spacial score (nSPS) is 14.8. The Morgan fingerprint density at radius 3 is 0.913 bits per heavy atom. The molecule has 3 rings (SSSR count). The Morgan fingerprint density at radius 2 is 0.717 bits per heavy atom. The number of rotatable bonds is 2. The van der Waals surface area contributed by atoms with E-state index in [-0.39, 0.29) is 22.2 Å². The molecule has 0 N–H and O–H groups in total. The Hall–Kier alpha value is -2.93. The van der Waals surface area contributed by atoms with Crippen LogP contribution in [-0.2, 0) is 0 Å². The molecule has 0 aliphatic heterocycles. The van der Waals surface area contributed by atoms with Crippen LogP contribution in [0.15, 0.2) is 12.1 Å². The van der Waals surface area contributed by atoms with E-state index in [1.54, 1.807) is 0 Å². The molecule has 0 atom stereocenters. The monoisotopic (exact) mass is 668 g/mol. The number of benzene rings is 1. The van der Waals surface area contributed by atoms with Crippen molar-refractivity contribution in [3.63, 3.8) is 0 Å². The summed E-state index contributed by atoms with van der Waals surface area (Å²) in [6, 6.07) is 4.67. The van der Waals surface area contributed by atoms with Gasteiger partial charge in [0.05, 0.1) is 46.7 Å². The van der Waals surface area contributed by atoms with E-state index in [0.29, 0.717) is 0 Å². The van der Waals surface area contributed by atoms with Crippen molar-refractivity contribution in [2.24, 2.45) is 0 Å². The van der Waals surface area contributed by atoms with Gasteiger partial charge in [-0.2, -0.15) is 0 Å². The van der Waals surface area contributed by atoms with E-state index < -0.39 is 14.5 Å². The number of halogens is 8. The Balaban J connectivity index is 0.000000919. The van der Waals surface area contributed by atoms with Gasteiger partial charge in [-0.25, -0.2) is 0 Å². The van der Waals surface area contributed by atoms with Crippen LogP contribution in [-0.4, -0.2) is 74.8 Å². The van der Waals surface area contributed by atoms with Gasteiger partial charge in [-0.3, -0.25) is 9.15 Å². The minimum atomic E-state index is -6.00. The lowest BCUT2D eigenvalue weighted by molar-refractivity contribution is 0.366. The molecule has 16 heteroatoms. The fourth-order valence-corrected chi connectivity index (χ4v) is 4.07. The zero-order chi connectivity index (χ0) is 36.8. The molecule has 0 aliphatic rings. The van der Waals surface area contributed by atoms with Gasteiger partial charge in [0.2, 0.25) is 0 Å². The molecule has 0 radical (unpaired) electrons. The number of anilines is 2. The summed E-state index contributed by atoms with van der Waals surface area (Å²) in [6.45, 7) is 26.8. The minimum Gasteiger partial charge on any atom is -0.418 e. The molecule has 262 valence electrons. The summed E-state index contributed by atoms with van der Waals surface area (Å²) in [4.78, 5) is 15.1. The van der Waals surface area contributed by atoms with Crippen molar-refractivity contribution in [2.45, 2.75) is 105 Å². The first-order valence-electron chi connectivity index (χ1n) is 14.9. The fourth-order valence-electron chi connectivity index (χ4n) is 4.07. The highest BCUT2D eigenvalue weighted by atomic mass is 19.5. The first-order chi connectivity index (χ1) is 20.1. The van der Waals surface area contributed by atoms with Crippen molar-refractivity contribution in [3.8, 4) is 0 Å². The summed E-state index contributed by atoms with van der Waals surface area (Å²) in [5.41, 5.74) is 1.78. The first-order valence-corrected chi connectivity index (χ1v) is 14.9. The molecule has 0 saturated carbocycles. The van der Waals surface area contributed by atoms with Gasteiger partial charge in [0, 0.05) is 25.2 Å². The lowest BCUT2D eigenvalue weighted by Gasteiger charge is -2.31. The molecule has 0 spiro atoms. The predicted octanol–water partition coefficient (Wildman–Crippen LogP) is 7.13. The van der Waals surface area contributed by atoms with Crippen molar-refractivity contribution in [1.82, 2.24) is 19.1 Å². The summed E-state index contributed by atoms with van der Waals surface area (Å²) in [6.07, 6.45) is 0. The van der Waals surface area contributed by atoms with E-state index in [9.17, 15) is 34.5 Å². The third-order valence-electron chi connectivity index (χ3n) is 7.84. The Bertz CT molecular complexity index is 1500. The smallest absolute Gasteiger partial charge is 0.418 e. The van der Waals surface area contributed by atoms with Crippen LogP contribution in [0.4, 0.5) is 46.2 Å². The highest BCUT2D eigenvalue weighted by Gasteiger charge is 2.34. The number of aromatic nitrogens is 2. The summed E-state index contributed by atoms with van der Waals surface area (Å²) in [5, 5.41) is 4.69. The van der Waals surface area contributed by atoms with Crippen molar-refractivity contribution in [1.29, 1.82) is 0 Å². The Morgan fingerprint density at radius 1 is 0.500 bits per heavy atom. The van der Waals surface area contributed by atoms with Crippen LogP contribution < -0.4 is 29.9 Å². The molecule has 6 nitrogen and oxygen atoms in total. The zero-order valence-electron chi connectivity index (χ0n) is 30.0. The van der Waals surface area contributed by atoms with Crippen LogP contribution in [0.2, 0.25) is 0 Å². The Labute approximate surface area is 267 Å². The van der Waals surface area contributed by atoms with E-state index >= 15 is 0 Å². The molecule has 2 aromatic heterocycles. The quantitative estimate of drug-likeness (QED) is 0.166. The number of fused-ring (bicyclic) bond motifs is 2. The predicted molar refractivity (Wildman–Crippen MR) is 178 cm³/mol. The second-order valence-corrected chi connectivity index (χ2v) is 15.4. The lowest BCUT2D eigenvalue weighted by atomic mass is 10.0. The van der Waals surface area contributed by atoms with E-state index in [4.69, 9.17) is 9.97 Å². The molecule has 3 aromatic rings. The molecular weight excluding hydrogens is 618 g/mol. The van der Waals surface area contributed by atoms with Crippen molar-refractivity contribution >= 4 is 47.7 Å². The number of hydrogen-bond donors (Lipinski definition) is 0. The molecule has 0 fully saturated rings. The summed E-state index contributed by atoms with van der Waals surface area (Å²) >= 11 is 0. The maximum Gasteiger partial charge on any atom is 0.673 e. The maximum absolute atomic E-state index is 9.75. The van der Waals surface area contributed by atoms with Gasteiger partial charge in [-0.05, 0) is 105 Å². The van der Waals surface area contributed by atoms with Crippen molar-refractivity contribution < 1.29 is 34.5 Å². The van der Waals surface area contributed by atoms with Gasteiger partial charge in [-0.15, -0.1) is 0 Å². The zero-order valence-corrected chi connectivity index (χ0v) is 30.0. The summed E-state index contributed by atoms with van der Waals surface area (Å²) in [5.74, 6) is 2.03. The SMILES string of the molecule is CN(c1nc(=[N+](C)C(C)(C)C)c2cc3c(=[N+](C)C(C)(C)C)nc(N(C)C(C)(C)C)c3cc12)C(C)(C)C.F[B-](F)(F)F.F[B-](F)(F)F. The van der Waals surface area contributed by atoms with E-state index in [2.05, 4.69) is 142 Å². The second kappa shape index (κ2) is 13.3. The topological polar surface area (TPSA) is 38.3 Å². The van der Waals surface area contributed by atoms with Gasteiger partial charge >= 0.3 is 25.5 Å². The van der Waals surface area contributed by atoms with Gasteiger partial charge in [0.15, 0.2) is 0 Å². The number of hydrogen-bond acceptors (Lipinski definition) is 4. The molecule has 0 unspecified atom stereocenters.